The van der Waals surface area contributed by atoms with Crippen molar-refractivity contribution in [3.8, 4) is 0 Å². The first-order chi connectivity index (χ1) is 6.31. The Kier molecular flexibility index (Phi) is 3.53. The highest BCUT2D eigenvalue weighted by molar-refractivity contribution is 4.83. The minimum absolute atomic E-state index is 0.0349. The summed E-state index contributed by atoms with van der Waals surface area (Å²) in [6, 6.07) is -0.0349. The quantitative estimate of drug-likeness (QED) is 0.643. The highest BCUT2D eigenvalue weighted by Gasteiger charge is 2.35. The van der Waals surface area contributed by atoms with Gasteiger partial charge in [0.25, 0.3) is 0 Å². The summed E-state index contributed by atoms with van der Waals surface area (Å²) in [6.45, 7) is 8.26. The third-order valence-electron chi connectivity index (χ3n) is 2.51. The third kappa shape index (κ3) is 2.92. The Morgan fingerprint density at radius 1 is 1.43 bits per heavy atom. The fourth-order valence-electron chi connectivity index (χ4n) is 1.64. The van der Waals surface area contributed by atoms with Gasteiger partial charge < -0.3 is 14.9 Å². The lowest BCUT2D eigenvalue weighted by Crippen LogP contribution is -2.45. The molecule has 1 rings (SSSR count). The zero-order valence-corrected chi connectivity index (χ0v) is 9.40. The number of ether oxygens (including phenoxy) is 1. The number of aliphatic hydroxyl groups excluding tert-OH is 2. The molecular formula is C10H21NO3. The maximum atomic E-state index is 9.77. The van der Waals surface area contributed by atoms with E-state index in [-0.39, 0.29) is 17.7 Å². The van der Waals surface area contributed by atoms with Crippen LogP contribution in [-0.4, -0.2) is 45.8 Å². The Balaban J connectivity index is 2.49. The maximum absolute atomic E-state index is 9.77. The van der Waals surface area contributed by atoms with Crippen molar-refractivity contribution >= 4 is 0 Å². The smallest absolute Gasteiger partial charge is 0.216 e. The fraction of sp³-hybridized carbons (Fsp3) is 1.00. The second kappa shape index (κ2) is 4.14. The van der Waals surface area contributed by atoms with Crippen LogP contribution in [-0.2, 0) is 4.74 Å². The van der Waals surface area contributed by atoms with Crippen LogP contribution in [0.1, 0.15) is 34.1 Å². The van der Waals surface area contributed by atoms with Crippen molar-refractivity contribution in [2.45, 2.75) is 58.3 Å². The predicted molar refractivity (Wildman–Crippen MR) is 53.6 cm³/mol. The van der Waals surface area contributed by atoms with E-state index in [0.717, 1.165) is 0 Å². The van der Waals surface area contributed by atoms with Gasteiger partial charge in [0.15, 0.2) is 0 Å². The molecular weight excluding hydrogens is 182 g/mol. The topological polar surface area (TPSA) is 52.9 Å². The Hall–Kier alpha value is -0.160. The van der Waals surface area contributed by atoms with Crippen LogP contribution in [0.3, 0.4) is 0 Å². The minimum atomic E-state index is -0.915. The first-order valence-electron chi connectivity index (χ1n) is 5.11. The molecule has 1 aliphatic heterocycles. The Labute approximate surface area is 85.5 Å². The Morgan fingerprint density at radius 2 is 2.00 bits per heavy atom. The average molecular weight is 203 g/mol. The number of hydrogen-bond donors (Lipinski definition) is 2. The van der Waals surface area contributed by atoms with Crippen molar-refractivity contribution in [1.29, 1.82) is 0 Å². The van der Waals surface area contributed by atoms with Gasteiger partial charge in [-0.05, 0) is 34.1 Å². The maximum Gasteiger partial charge on any atom is 0.216 e. The molecule has 1 unspecified atom stereocenters. The van der Waals surface area contributed by atoms with Crippen molar-refractivity contribution in [2.24, 2.45) is 0 Å². The minimum Gasteiger partial charge on any atom is -0.391 e. The molecule has 0 saturated carbocycles. The van der Waals surface area contributed by atoms with E-state index in [9.17, 15) is 10.2 Å². The van der Waals surface area contributed by atoms with Crippen LogP contribution in [0.4, 0.5) is 0 Å². The number of nitrogens with zero attached hydrogens (tertiary/aromatic N) is 1. The van der Waals surface area contributed by atoms with Gasteiger partial charge in [-0.25, -0.2) is 4.90 Å². The van der Waals surface area contributed by atoms with Gasteiger partial charge in [-0.3, -0.25) is 0 Å². The molecule has 1 saturated heterocycles. The van der Waals surface area contributed by atoms with Crippen molar-refractivity contribution in [1.82, 2.24) is 4.90 Å². The summed E-state index contributed by atoms with van der Waals surface area (Å²) in [6.07, 6.45) is -0.568. The van der Waals surface area contributed by atoms with Crippen LogP contribution in [0.2, 0.25) is 0 Å². The standard InChI is InChI=1S/C10H21NO3/c1-7-8(12)5-6-11(7)9(13)14-10(2,3)4/h7-9,12-13H,5-6H2,1-4H3/t7-,8+,9?/m1/s1. The van der Waals surface area contributed by atoms with Crippen LogP contribution in [0.5, 0.6) is 0 Å². The molecule has 3 atom stereocenters. The second-order valence-electron chi connectivity index (χ2n) is 4.89. The lowest BCUT2D eigenvalue weighted by Gasteiger charge is -2.32. The summed E-state index contributed by atoms with van der Waals surface area (Å²) in [5.74, 6) is 0. The third-order valence-corrected chi connectivity index (χ3v) is 2.51. The number of aliphatic hydroxyl groups is 2. The van der Waals surface area contributed by atoms with E-state index >= 15 is 0 Å². The lowest BCUT2D eigenvalue weighted by atomic mass is 10.2. The normalized spacial score (nSPS) is 32.1. The second-order valence-corrected chi connectivity index (χ2v) is 4.89. The van der Waals surface area contributed by atoms with E-state index in [0.29, 0.717) is 13.0 Å². The molecule has 0 aromatic carbocycles. The predicted octanol–water partition coefficient (Wildman–Crippen LogP) is 0.532. The van der Waals surface area contributed by atoms with Crippen molar-refractivity contribution in [3.05, 3.63) is 0 Å². The molecule has 4 nitrogen and oxygen atoms in total. The summed E-state index contributed by atoms with van der Waals surface area (Å²) in [5, 5.41) is 19.3. The van der Waals surface area contributed by atoms with Gasteiger partial charge >= 0.3 is 0 Å². The molecule has 1 heterocycles. The van der Waals surface area contributed by atoms with Crippen molar-refractivity contribution in [2.75, 3.05) is 6.54 Å². The van der Waals surface area contributed by atoms with Gasteiger partial charge in [0.2, 0.25) is 6.41 Å². The van der Waals surface area contributed by atoms with E-state index in [1.807, 2.05) is 27.7 Å². The highest BCUT2D eigenvalue weighted by Crippen LogP contribution is 2.22. The monoisotopic (exact) mass is 203 g/mol. The summed E-state index contributed by atoms with van der Waals surface area (Å²) in [5.41, 5.74) is -0.368. The van der Waals surface area contributed by atoms with Crippen LogP contribution in [0, 0.1) is 0 Å². The Bertz CT molecular complexity index is 190. The van der Waals surface area contributed by atoms with Gasteiger partial charge in [-0.15, -0.1) is 0 Å². The van der Waals surface area contributed by atoms with Crippen LogP contribution in [0.25, 0.3) is 0 Å². The number of hydrogen-bond acceptors (Lipinski definition) is 4. The van der Waals surface area contributed by atoms with Crippen LogP contribution < -0.4 is 0 Å². The summed E-state index contributed by atoms with van der Waals surface area (Å²) in [4.78, 5) is 1.77. The molecule has 0 spiro atoms. The molecule has 2 N–H and O–H groups in total. The van der Waals surface area contributed by atoms with Crippen LogP contribution >= 0.6 is 0 Å². The molecule has 1 fully saturated rings. The lowest BCUT2D eigenvalue weighted by molar-refractivity contribution is -0.243. The van der Waals surface area contributed by atoms with Gasteiger partial charge in [0.1, 0.15) is 0 Å². The van der Waals surface area contributed by atoms with E-state index in [1.54, 1.807) is 4.90 Å². The molecule has 0 aromatic heterocycles. The fourth-order valence-corrected chi connectivity index (χ4v) is 1.64. The summed E-state index contributed by atoms with van der Waals surface area (Å²) >= 11 is 0. The van der Waals surface area contributed by atoms with Crippen molar-refractivity contribution < 1.29 is 14.9 Å². The molecule has 84 valence electrons. The SMILES string of the molecule is C[C@@H]1[C@@H](O)CCN1C(O)OC(C)(C)C. The summed E-state index contributed by atoms with van der Waals surface area (Å²) in [7, 11) is 0. The molecule has 0 bridgehead atoms. The molecule has 0 aromatic rings. The van der Waals surface area contributed by atoms with E-state index in [2.05, 4.69) is 0 Å². The zero-order chi connectivity index (χ0) is 10.9. The average Bonchev–Trinajstić information content (AvgIpc) is 2.29. The Morgan fingerprint density at radius 3 is 2.36 bits per heavy atom. The van der Waals surface area contributed by atoms with Gasteiger partial charge in [0, 0.05) is 12.6 Å². The highest BCUT2D eigenvalue weighted by atomic mass is 16.6. The first-order valence-corrected chi connectivity index (χ1v) is 5.11. The molecule has 4 heteroatoms. The van der Waals surface area contributed by atoms with Crippen LogP contribution in [0.15, 0.2) is 0 Å². The number of rotatable bonds is 2. The van der Waals surface area contributed by atoms with Gasteiger partial charge in [-0.2, -0.15) is 0 Å². The molecule has 0 amide bonds. The first kappa shape index (κ1) is 11.9. The molecule has 1 aliphatic rings. The summed E-state index contributed by atoms with van der Waals surface area (Å²) < 4.78 is 5.41. The van der Waals surface area contributed by atoms with Gasteiger partial charge in [-0.1, -0.05) is 0 Å². The van der Waals surface area contributed by atoms with E-state index < -0.39 is 6.41 Å². The molecule has 14 heavy (non-hydrogen) atoms. The van der Waals surface area contributed by atoms with E-state index in [4.69, 9.17) is 4.74 Å². The zero-order valence-electron chi connectivity index (χ0n) is 9.40. The van der Waals surface area contributed by atoms with Gasteiger partial charge in [0.05, 0.1) is 11.7 Å². The van der Waals surface area contributed by atoms with E-state index in [1.165, 1.54) is 0 Å². The van der Waals surface area contributed by atoms with Crippen molar-refractivity contribution in [3.63, 3.8) is 0 Å². The largest absolute Gasteiger partial charge is 0.391 e. The number of likely N-dealkylation sites (tertiary alicyclic amines) is 1. The molecule has 0 aliphatic carbocycles. The molecule has 0 radical (unpaired) electrons.